The molecule has 1 aromatic heterocycles. The molecule has 18 heavy (non-hydrogen) atoms. The summed E-state index contributed by atoms with van der Waals surface area (Å²) in [6.45, 7) is 0. The van der Waals surface area contributed by atoms with Crippen LogP contribution in [0.3, 0.4) is 0 Å². The molecule has 1 aromatic rings. The number of aromatic nitrogens is 1. The average molecular weight is 287 g/mol. The fourth-order valence-corrected chi connectivity index (χ4v) is 3.45. The third kappa shape index (κ3) is 2.96. The fraction of sp³-hybridized carbons (Fsp3) is 0.500. The number of nitrogens with zero attached hydrogens (tertiary/aromatic N) is 1. The molecule has 1 heterocycles. The lowest BCUT2D eigenvalue weighted by Gasteiger charge is -2.20. The van der Waals surface area contributed by atoms with Gasteiger partial charge in [-0.25, -0.2) is 4.98 Å². The molecule has 0 aromatic carbocycles. The molecule has 4 nitrogen and oxygen atoms in total. The molecule has 1 fully saturated rings. The first-order chi connectivity index (χ1) is 8.53. The number of rotatable bonds is 3. The summed E-state index contributed by atoms with van der Waals surface area (Å²) in [4.78, 5) is 15.8. The van der Waals surface area contributed by atoms with Gasteiger partial charge in [-0.05, 0) is 31.4 Å². The molecule has 6 heteroatoms. The first-order valence-electron chi connectivity index (χ1n) is 5.69. The average Bonchev–Trinajstić information content (AvgIpc) is 2.74. The molecule has 1 saturated carbocycles. The molecule has 0 bridgehead atoms. The SMILES string of the molecule is COC(=O)C1(N)CCC(Sc2ccc(Cl)cn2)C1. The minimum Gasteiger partial charge on any atom is -0.468 e. The minimum atomic E-state index is -0.834. The van der Waals surface area contributed by atoms with E-state index in [9.17, 15) is 4.79 Å². The van der Waals surface area contributed by atoms with Crippen molar-refractivity contribution in [3.8, 4) is 0 Å². The van der Waals surface area contributed by atoms with Gasteiger partial charge in [0.05, 0.1) is 17.2 Å². The van der Waals surface area contributed by atoms with Crippen molar-refractivity contribution in [1.29, 1.82) is 0 Å². The molecule has 0 aliphatic heterocycles. The number of carbonyl (C=O) groups excluding carboxylic acids is 1. The van der Waals surface area contributed by atoms with E-state index in [1.807, 2.05) is 12.1 Å². The standard InChI is InChI=1S/C12H15ClN2O2S/c1-17-11(16)12(14)5-4-9(6-12)18-10-3-2-8(13)7-15-10/h2-3,7,9H,4-6,14H2,1H3. The normalized spacial score (nSPS) is 27.2. The van der Waals surface area contributed by atoms with E-state index in [1.54, 1.807) is 18.0 Å². The second kappa shape index (κ2) is 5.47. The van der Waals surface area contributed by atoms with Crippen LogP contribution in [0.15, 0.2) is 23.4 Å². The molecule has 0 spiro atoms. The Morgan fingerprint density at radius 3 is 3.06 bits per heavy atom. The van der Waals surface area contributed by atoms with Crippen molar-refractivity contribution in [3.63, 3.8) is 0 Å². The Morgan fingerprint density at radius 1 is 1.67 bits per heavy atom. The lowest BCUT2D eigenvalue weighted by molar-refractivity contribution is -0.146. The van der Waals surface area contributed by atoms with Crippen LogP contribution >= 0.6 is 23.4 Å². The number of thioether (sulfide) groups is 1. The van der Waals surface area contributed by atoms with E-state index in [0.717, 1.165) is 11.4 Å². The van der Waals surface area contributed by atoms with Crippen molar-refractivity contribution in [2.45, 2.75) is 35.1 Å². The van der Waals surface area contributed by atoms with Crippen LogP contribution in [-0.2, 0) is 9.53 Å². The van der Waals surface area contributed by atoms with Gasteiger partial charge in [-0.15, -0.1) is 11.8 Å². The molecular weight excluding hydrogens is 272 g/mol. The molecule has 2 rings (SSSR count). The summed E-state index contributed by atoms with van der Waals surface area (Å²) in [5.74, 6) is -0.324. The second-order valence-corrected chi connectivity index (χ2v) is 6.20. The van der Waals surface area contributed by atoms with Crippen LogP contribution in [0.25, 0.3) is 0 Å². The molecule has 1 aliphatic carbocycles. The first-order valence-corrected chi connectivity index (χ1v) is 6.95. The van der Waals surface area contributed by atoms with Crippen molar-refractivity contribution in [1.82, 2.24) is 4.98 Å². The predicted octanol–water partition coefficient (Wildman–Crippen LogP) is 2.25. The molecule has 0 saturated heterocycles. The Labute approximate surface area is 115 Å². The number of ether oxygens (including phenoxy) is 1. The summed E-state index contributed by atoms with van der Waals surface area (Å²) in [6.07, 6.45) is 3.79. The zero-order valence-corrected chi connectivity index (χ0v) is 11.6. The number of halogens is 1. The maximum Gasteiger partial charge on any atom is 0.325 e. The van der Waals surface area contributed by atoms with Crippen LogP contribution in [-0.4, -0.2) is 28.9 Å². The Morgan fingerprint density at radius 2 is 2.44 bits per heavy atom. The number of nitrogens with two attached hydrogens (primary N) is 1. The highest BCUT2D eigenvalue weighted by Gasteiger charge is 2.43. The van der Waals surface area contributed by atoms with E-state index < -0.39 is 5.54 Å². The largest absolute Gasteiger partial charge is 0.468 e. The van der Waals surface area contributed by atoms with Crippen LogP contribution in [0, 0.1) is 0 Å². The quantitative estimate of drug-likeness (QED) is 0.864. The second-order valence-electron chi connectivity index (χ2n) is 4.45. The Bertz CT molecular complexity index is 440. The number of esters is 1. The molecular formula is C12H15ClN2O2S. The Balaban J connectivity index is 1.97. The van der Waals surface area contributed by atoms with Gasteiger partial charge in [-0.3, -0.25) is 4.79 Å². The van der Waals surface area contributed by atoms with Crippen LogP contribution in [0.4, 0.5) is 0 Å². The molecule has 2 atom stereocenters. The van der Waals surface area contributed by atoms with E-state index in [0.29, 0.717) is 23.1 Å². The van der Waals surface area contributed by atoms with E-state index in [-0.39, 0.29) is 5.97 Å². The predicted molar refractivity (Wildman–Crippen MR) is 71.7 cm³/mol. The van der Waals surface area contributed by atoms with Gasteiger partial charge in [0.2, 0.25) is 0 Å². The summed E-state index contributed by atoms with van der Waals surface area (Å²) < 4.78 is 4.75. The van der Waals surface area contributed by atoms with Crippen molar-refractivity contribution in [2.24, 2.45) is 5.73 Å². The van der Waals surface area contributed by atoms with Crippen LogP contribution in [0.1, 0.15) is 19.3 Å². The zero-order chi connectivity index (χ0) is 13.2. The number of hydrogen-bond donors (Lipinski definition) is 1. The van der Waals surface area contributed by atoms with Gasteiger partial charge in [0.1, 0.15) is 5.54 Å². The highest BCUT2D eigenvalue weighted by atomic mass is 35.5. The van der Waals surface area contributed by atoms with Crippen LogP contribution < -0.4 is 5.73 Å². The van der Waals surface area contributed by atoms with E-state index in [1.165, 1.54) is 7.11 Å². The zero-order valence-electron chi connectivity index (χ0n) is 10.1. The van der Waals surface area contributed by atoms with Gasteiger partial charge in [0.25, 0.3) is 0 Å². The van der Waals surface area contributed by atoms with Crippen molar-refractivity contribution in [2.75, 3.05) is 7.11 Å². The number of pyridine rings is 1. The summed E-state index contributed by atoms with van der Waals surface area (Å²) in [5, 5.41) is 1.81. The van der Waals surface area contributed by atoms with E-state index >= 15 is 0 Å². The third-order valence-corrected chi connectivity index (χ3v) is 4.53. The van der Waals surface area contributed by atoms with Gasteiger partial charge in [0, 0.05) is 11.4 Å². The van der Waals surface area contributed by atoms with E-state index in [4.69, 9.17) is 22.1 Å². The molecule has 98 valence electrons. The van der Waals surface area contributed by atoms with Gasteiger partial charge in [0.15, 0.2) is 0 Å². The third-order valence-electron chi connectivity index (χ3n) is 3.08. The molecule has 2 N–H and O–H groups in total. The lowest BCUT2D eigenvalue weighted by atomic mass is 10.00. The Kier molecular flexibility index (Phi) is 4.14. The summed E-state index contributed by atoms with van der Waals surface area (Å²) in [7, 11) is 1.37. The topological polar surface area (TPSA) is 65.2 Å². The fourth-order valence-electron chi connectivity index (χ4n) is 2.12. The number of methoxy groups -OCH3 is 1. The highest BCUT2D eigenvalue weighted by Crippen LogP contribution is 2.39. The van der Waals surface area contributed by atoms with Gasteiger partial charge in [-0.2, -0.15) is 0 Å². The van der Waals surface area contributed by atoms with Crippen LogP contribution in [0.5, 0.6) is 0 Å². The molecule has 0 radical (unpaired) electrons. The number of carbonyl (C=O) groups is 1. The molecule has 2 unspecified atom stereocenters. The van der Waals surface area contributed by atoms with Gasteiger partial charge < -0.3 is 10.5 Å². The summed E-state index contributed by atoms with van der Waals surface area (Å²) in [5.41, 5.74) is 5.22. The van der Waals surface area contributed by atoms with Crippen molar-refractivity contribution < 1.29 is 9.53 Å². The molecule has 1 aliphatic rings. The van der Waals surface area contributed by atoms with Crippen LogP contribution in [0.2, 0.25) is 5.02 Å². The number of hydrogen-bond acceptors (Lipinski definition) is 5. The smallest absolute Gasteiger partial charge is 0.325 e. The molecule has 0 amide bonds. The summed E-state index contributed by atoms with van der Waals surface area (Å²) >= 11 is 7.41. The minimum absolute atomic E-state index is 0.294. The first kappa shape index (κ1) is 13.6. The lowest BCUT2D eigenvalue weighted by Crippen LogP contribution is -2.46. The van der Waals surface area contributed by atoms with E-state index in [2.05, 4.69) is 4.98 Å². The maximum absolute atomic E-state index is 11.6. The maximum atomic E-state index is 11.6. The van der Waals surface area contributed by atoms with Gasteiger partial charge >= 0.3 is 5.97 Å². The monoisotopic (exact) mass is 286 g/mol. The highest BCUT2D eigenvalue weighted by molar-refractivity contribution is 7.99. The van der Waals surface area contributed by atoms with Gasteiger partial charge in [-0.1, -0.05) is 11.6 Å². The van der Waals surface area contributed by atoms with Crippen molar-refractivity contribution in [3.05, 3.63) is 23.4 Å². The Hall–Kier alpha value is -0.780. The summed E-state index contributed by atoms with van der Waals surface area (Å²) in [6, 6.07) is 3.68. The van der Waals surface area contributed by atoms with Crippen molar-refractivity contribution >= 4 is 29.3 Å².